The molecule has 1 aliphatic carbocycles. The van der Waals surface area contributed by atoms with Gasteiger partial charge in [-0.3, -0.25) is 4.79 Å². The normalized spacial score (nSPS) is 28.9. The molecular weight excluding hydrogens is 264 g/mol. The van der Waals surface area contributed by atoms with E-state index in [4.69, 9.17) is 5.73 Å². The van der Waals surface area contributed by atoms with E-state index in [1.165, 1.54) is 10.6 Å². The Morgan fingerprint density at radius 3 is 2.53 bits per heavy atom. The van der Waals surface area contributed by atoms with Crippen molar-refractivity contribution in [1.29, 1.82) is 0 Å². The highest BCUT2D eigenvalue weighted by Crippen LogP contribution is 2.39. The average Bonchev–Trinajstić information content (AvgIpc) is 3.12. The summed E-state index contributed by atoms with van der Waals surface area (Å²) in [4.78, 5) is 12.3. The van der Waals surface area contributed by atoms with E-state index in [1.54, 1.807) is 0 Å². The second kappa shape index (κ2) is 5.14. The van der Waals surface area contributed by atoms with Crippen LogP contribution in [0.1, 0.15) is 39.0 Å². The Labute approximate surface area is 115 Å². The maximum atomic E-state index is 12.3. The SMILES string of the molecule is CC(N)(C(=O)CC1CCCN(S(C)(=O)=O)C1)C1CC1. The minimum atomic E-state index is -3.14. The standard InChI is InChI=1S/C13H24N2O3S/c1-13(14,11-5-6-11)12(16)8-10-4-3-7-15(9-10)19(2,17)18/h10-11H,3-9,14H2,1-2H3. The summed E-state index contributed by atoms with van der Waals surface area (Å²) in [6.45, 7) is 2.86. The number of ketones is 1. The Morgan fingerprint density at radius 1 is 1.37 bits per heavy atom. The Kier molecular flexibility index (Phi) is 4.05. The number of Topliss-reactive ketones (excluding diaryl/α,β-unsaturated/α-hetero) is 1. The van der Waals surface area contributed by atoms with Gasteiger partial charge in [0.25, 0.3) is 0 Å². The van der Waals surface area contributed by atoms with Gasteiger partial charge in [0.1, 0.15) is 0 Å². The highest BCUT2D eigenvalue weighted by Gasteiger charge is 2.44. The Bertz CT molecular complexity index is 455. The van der Waals surface area contributed by atoms with Crippen molar-refractivity contribution in [3.8, 4) is 0 Å². The predicted molar refractivity (Wildman–Crippen MR) is 74.1 cm³/mol. The molecule has 1 saturated carbocycles. The number of nitrogens with two attached hydrogens (primary N) is 1. The Hall–Kier alpha value is -0.460. The molecule has 2 N–H and O–H groups in total. The maximum Gasteiger partial charge on any atom is 0.211 e. The second-order valence-electron chi connectivity index (χ2n) is 6.31. The molecule has 0 bridgehead atoms. The van der Waals surface area contributed by atoms with Crippen LogP contribution in [-0.2, 0) is 14.8 Å². The number of hydrogen-bond acceptors (Lipinski definition) is 4. The van der Waals surface area contributed by atoms with Crippen molar-refractivity contribution in [2.45, 2.75) is 44.6 Å². The van der Waals surface area contributed by atoms with Crippen LogP contribution < -0.4 is 5.73 Å². The van der Waals surface area contributed by atoms with Gasteiger partial charge in [-0.25, -0.2) is 12.7 Å². The molecule has 0 aromatic carbocycles. The number of hydrogen-bond donors (Lipinski definition) is 1. The molecule has 6 heteroatoms. The summed E-state index contributed by atoms with van der Waals surface area (Å²) in [7, 11) is -3.14. The highest BCUT2D eigenvalue weighted by molar-refractivity contribution is 7.88. The van der Waals surface area contributed by atoms with E-state index in [2.05, 4.69) is 0 Å². The lowest BCUT2D eigenvalue weighted by Gasteiger charge is -2.32. The predicted octanol–water partition coefficient (Wildman–Crippen LogP) is 0.745. The maximum absolute atomic E-state index is 12.3. The van der Waals surface area contributed by atoms with Gasteiger partial charge in [0, 0.05) is 19.5 Å². The fourth-order valence-electron chi connectivity index (χ4n) is 2.89. The summed E-state index contributed by atoms with van der Waals surface area (Å²) in [6, 6.07) is 0. The molecule has 1 heterocycles. The summed E-state index contributed by atoms with van der Waals surface area (Å²) in [5, 5.41) is 0. The van der Waals surface area contributed by atoms with Gasteiger partial charge in [0.15, 0.2) is 5.78 Å². The summed E-state index contributed by atoms with van der Waals surface area (Å²) in [5.41, 5.74) is 5.41. The third kappa shape index (κ3) is 3.55. The van der Waals surface area contributed by atoms with E-state index in [1.807, 2.05) is 6.92 Å². The Morgan fingerprint density at radius 2 is 2.00 bits per heavy atom. The molecule has 2 fully saturated rings. The number of nitrogens with zero attached hydrogens (tertiary/aromatic N) is 1. The third-order valence-electron chi connectivity index (χ3n) is 4.45. The Balaban J connectivity index is 1.94. The molecule has 0 radical (unpaired) electrons. The fraction of sp³-hybridized carbons (Fsp3) is 0.923. The van der Waals surface area contributed by atoms with Gasteiger partial charge >= 0.3 is 0 Å². The van der Waals surface area contributed by atoms with E-state index >= 15 is 0 Å². The van der Waals surface area contributed by atoms with Crippen molar-refractivity contribution in [1.82, 2.24) is 4.31 Å². The summed E-state index contributed by atoms with van der Waals surface area (Å²) < 4.78 is 24.6. The average molecular weight is 288 g/mol. The monoisotopic (exact) mass is 288 g/mol. The van der Waals surface area contributed by atoms with Gasteiger partial charge in [0.2, 0.25) is 10.0 Å². The molecule has 110 valence electrons. The first-order valence-electron chi connectivity index (χ1n) is 6.98. The molecule has 1 saturated heterocycles. The van der Waals surface area contributed by atoms with E-state index in [0.717, 1.165) is 25.7 Å². The number of rotatable bonds is 5. The first kappa shape index (κ1) is 14.9. The zero-order valence-corrected chi connectivity index (χ0v) is 12.6. The van der Waals surface area contributed by atoms with Crippen LogP contribution >= 0.6 is 0 Å². The molecule has 0 amide bonds. The van der Waals surface area contributed by atoms with Crippen molar-refractivity contribution >= 4 is 15.8 Å². The number of carbonyl (C=O) groups excluding carboxylic acids is 1. The van der Waals surface area contributed by atoms with Crippen LogP contribution in [0.4, 0.5) is 0 Å². The molecule has 2 unspecified atom stereocenters. The minimum absolute atomic E-state index is 0.0929. The van der Waals surface area contributed by atoms with E-state index < -0.39 is 15.6 Å². The number of piperidine rings is 1. The van der Waals surface area contributed by atoms with Gasteiger partial charge in [-0.05, 0) is 44.4 Å². The zero-order chi connectivity index (χ0) is 14.3. The lowest BCUT2D eigenvalue weighted by molar-refractivity contribution is -0.125. The molecular formula is C13H24N2O3S. The molecule has 0 spiro atoms. The van der Waals surface area contributed by atoms with E-state index in [-0.39, 0.29) is 11.7 Å². The quantitative estimate of drug-likeness (QED) is 0.809. The van der Waals surface area contributed by atoms with Crippen molar-refractivity contribution in [3.63, 3.8) is 0 Å². The van der Waals surface area contributed by atoms with Gasteiger partial charge in [0.05, 0.1) is 11.8 Å². The summed E-state index contributed by atoms with van der Waals surface area (Å²) in [6.07, 6.45) is 5.47. The minimum Gasteiger partial charge on any atom is -0.319 e. The van der Waals surface area contributed by atoms with Crippen LogP contribution in [0.5, 0.6) is 0 Å². The molecule has 1 aliphatic heterocycles. The van der Waals surface area contributed by atoms with Crippen molar-refractivity contribution in [3.05, 3.63) is 0 Å². The fourth-order valence-corrected chi connectivity index (χ4v) is 3.83. The van der Waals surface area contributed by atoms with E-state index in [0.29, 0.717) is 25.4 Å². The largest absolute Gasteiger partial charge is 0.319 e. The molecule has 0 aromatic rings. The van der Waals surface area contributed by atoms with Crippen LogP contribution in [0.3, 0.4) is 0 Å². The lowest BCUT2D eigenvalue weighted by Crippen LogP contribution is -2.49. The van der Waals surface area contributed by atoms with Gasteiger partial charge in [-0.15, -0.1) is 0 Å². The third-order valence-corrected chi connectivity index (χ3v) is 5.72. The van der Waals surface area contributed by atoms with Crippen molar-refractivity contribution in [2.24, 2.45) is 17.6 Å². The molecule has 0 aromatic heterocycles. The lowest BCUT2D eigenvalue weighted by atomic mass is 9.84. The molecule has 5 nitrogen and oxygen atoms in total. The summed E-state index contributed by atoms with van der Waals surface area (Å²) >= 11 is 0. The second-order valence-corrected chi connectivity index (χ2v) is 8.30. The van der Waals surface area contributed by atoms with Gasteiger partial charge < -0.3 is 5.73 Å². The summed E-state index contributed by atoms with van der Waals surface area (Å²) in [5.74, 6) is 0.544. The molecule has 2 atom stereocenters. The smallest absolute Gasteiger partial charge is 0.211 e. The van der Waals surface area contributed by atoms with Gasteiger partial charge in [-0.2, -0.15) is 0 Å². The number of carbonyl (C=O) groups is 1. The topological polar surface area (TPSA) is 80.5 Å². The first-order valence-corrected chi connectivity index (χ1v) is 8.83. The van der Waals surface area contributed by atoms with E-state index in [9.17, 15) is 13.2 Å². The van der Waals surface area contributed by atoms with Crippen LogP contribution in [-0.4, -0.2) is 43.4 Å². The van der Waals surface area contributed by atoms with Crippen LogP contribution in [0.15, 0.2) is 0 Å². The van der Waals surface area contributed by atoms with Crippen LogP contribution in [0.2, 0.25) is 0 Å². The number of sulfonamides is 1. The first-order chi connectivity index (χ1) is 8.71. The van der Waals surface area contributed by atoms with Gasteiger partial charge in [-0.1, -0.05) is 0 Å². The zero-order valence-electron chi connectivity index (χ0n) is 11.8. The molecule has 2 aliphatic rings. The molecule has 2 rings (SSSR count). The van der Waals surface area contributed by atoms with Crippen LogP contribution in [0, 0.1) is 11.8 Å². The molecule has 19 heavy (non-hydrogen) atoms. The van der Waals surface area contributed by atoms with Crippen molar-refractivity contribution < 1.29 is 13.2 Å². The van der Waals surface area contributed by atoms with Crippen LogP contribution in [0.25, 0.3) is 0 Å². The van der Waals surface area contributed by atoms with Crippen molar-refractivity contribution in [2.75, 3.05) is 19.3 Å². The highest BCUT2D eigenvalue weighted by atomic mass is 32.2.